The van der Waals surface area contributed by atoms with Crippen molar-refractivity contribution in [1.29, 1.82) is 0 Å². The zero-order valence-corrected chi connectivity index (χ0v) is 13.8. The van der Waals surface area contributed by atoms with E-state index in [1.54, 1.807) is 0 Å². The molecular weight excluding hydrogens is 300 g/mol. The number of likely N-dealkylation sites (tertiary alicyclic amines) is 1. The SMILES string of the molecule is Cc1ccccc1C1CCCN1CCS(=O)(=O)CCC(N)=O. The number of primary amides is 1. The normalized spacial score (nSPS) is 19.4. The van der Waals surface area contributed by atoms with Gasteiger partial charge in [0.25, 0.3) is 0 Å². The van der Waals surface area contributed by atoms with Crippen molar-refractivity contribution < 1.29 is 13.2 Å². The van der Waals surface area contributed by atoms with E-state index in [2.05, 4.69) is 24.0 Å². The summed E-state index contributed by atoms with van der Waals surface area (Å²) >= 11 is 0. The summed E-state index contributed by atoms with van der Waals surface area (Å²) in [5.41, 5.74) is 7.55. The number of hydrogen-bond acceptors (Lipinski definition) is 4. The number of nitrogens with zero attached hydrogens (tertiary/aromatic N) is 1. The van der Waals surface area contributed by atoms with Crippen LogP contribution in [0.25, 0.3) is 0 Å². The molecule has 1 amide bonds. The first-order valence-electron chi connectivity index (χ1n) is 7.67. The molecule has 22 heavy (non-hydrogen) atoms. The number of sulfone groups is 1. The first-order valence-corrected chi connectivity index (χ1v) is 9.49. The molecule has 1 aliphatic rings. The number of hydrogen-bond donors (Lipinski definition) is 1. The Hall–Kier alpha value is -1.40. The summed E-state index contributed by atoms with van der Waals surface area (Å²) in [5, 5.41) is 0. The van der Waals surface area contributed by atoms with Gasteiger partial charge in [0.05, 0.1) is 11.5 Å². The van der Waals surface area contributed by atoms with E-state index in [4.69, 9.17) is 5.73 Å². The van der Waals surface area contributed by atoms with Crippen molar-refractivity contribution in [2.75, 3.05) is 24.6 Å². The van der Waals surface area contributed by atoms with Gasteiger partial charge in [-0.1, -0.05) is 24.3 Å². The van der Waals surface area contributed by atoms with Crippen LogP contribution in [0.2, 0.25) is 0 Å². The van der Waals surface area contributed by atoms with Gasteiger partial charge in [0, 0.05) is 19.0 Å². The molecule has 2 rings (SSSR count). The summed E-state index contributed by atoms with van der Waals surface area (Å²) in [5.74, 6) is -0.629. The fraction of sp³-hybridized carbons (Fsp3) is 0.562. The molecule has 0 radical (unpaired) electrons. The first kappa shape index (κ1) is 17.0. The second-order valence-electron chi connectivity index (χ2n) is 5.92. The molecule has 0 bridgehead atoms. The third-order valence-corrected chi connectivity index (χ3v) is 5.89. The number of nitrogens with two attached hydrogens (primary N) is 1. The van der Waals surface area contributed by atoms with Gasteiger partial charge in [0.15, 0.2) is 9.84 Å². The van der Waals surface area contributed by atoms with Crippen molar-refractivity contribution in [2.45, 2.75) is 32.2 Å². The van der Waals surface area contributed by atoms with Crippen LogP contribution in [0.4, 0.5) is 0 Å². The van der Waals surface area contributed by atoms with E-state index in [0.717, 1.165) is 19.4 Å². The smallest absolute Gasteiger partial charge is 0.218 e. The largest absolute Gasteiger partial charge is 0.370 e. The van der Waals surface area contributed by atoms with Crippen molar-refractivity contribution in [3.63, 3.8) is 0 Å². The zero-order chi connectivity index (χ0) is 16.2. The van der Waals surface area contributed by atoms with Crippen LogP contribution in [0.1, 0.15) is 36.4 Å². The molecule has 1 aromatic carbocycles. The summed E-state index contributed by atoms with van der Waals surface area (Å²) in [6, 6.07) is 8.57. The van der Waals surface area contributed by atoms with E-state index in [-0.39, 0.29) is 17.9 Å². The van der Waals surface area contributed by atoms with Crippen LogP contribution < -0.4 is 5.73 Å². The fourth-order valence-electron chi connectivity index (χ4n) is 3.02. The molecule has 122 valence electrons. The summed E-state index contributed by atoms with van der Waals surface area (Å²) < 4.78 is 23.9. The number of amides is 1. The zero-order valence-electron chi connectivity index (χ0n) is 13.0. The molecule has 0 aliphatic carbocycles. The van der Waals surface area contributed by atoms with E-state index in [0.29, 0.717) is 12.6 Å². The van der Waals surface area contributed by atoms with Crippen LogP contribution in [-0.4, -0.2) is 43.8 Å². The van der Waals surface area contributed by atoms with Crippen LogP contribution >= 0.6 is 0 Å². The van der Waals surface area contributed by atoms with E-state index in [1.165, 1.54) is 11.1 Å². The molecule has 6 heteroatoms. The highest BCUT2D eigenvalue weighted by Gasteiger charge is 2.27. The molecule has 5 nitrogen and oxygen atoms in total. The first-order chi connectivity index (χ1) is 10.4. The Morgan fingerprint density at radius 1 is 1.32 bits per heavy atom. The summed E-state index contributed by atoms with van der Waals surface area (Å²) in [6.07, 6.45) is 2.05. The molecule has 1 heterocycles. The van der Waals surface area contributed by atoms with Crippen molar-refractivity contribution in [3.8, 4) is 0 Å². The van der Waals surface area contributed by atoms with Gasteiger partial charge in [0.1, 0.15) is 0 Å². The Kier molecular flexibility index (Phi) is 5.58. The molecular formula is C16H24N2O3S. The third-order valence-electron chi connectivity index (χ3n) is 4.26. The minimum atomic E-state index is -3.22. The van der Waals surface area contributed by atoms with Crippen molar-refractivity contribution in [3.05, 3.63) is 35.4 Å². The lowest BCUT2D eigenvalue weighted by Gasteiger charge is -2.26. The van der Waals surface area contributed by atoms with E-state index in [9.17, 15) is 13.2 Å². The number of rotatable bonds is 7. The standard InChI is InChI=1S/C16H24N2O3S/c1-13-5-2-3-6-14(13)15-7-4-9-18(15)10-12-22(20,21)11-8-16(17)19/h2-3,5-6,15H,4,7-12H2,1H3,(H2,17,19). The number of benzene rings is 1. The van der Waals surface area contributed by atoms with Gasteiger partial charge >= 0.3 is 0 Å². The molecule has 1 unspecified atom stereocenters. The molecule has 1 fully saturated rings. The lowest BCUT2D eigenvalue weighted by molar-refractivity contribution is -0.117. The second-order valence-corrected chi connectivity index (χ2v) is 8.22. The lowest BCUT2D eigenvalue weighted by Crippen LogP contribution is -2.31. The minimum Gasteiger partial charge on any atom is -0.370 e. The molecule has 1 saturated heterocycles. The third kappa shape index (κ3) is 4.55. The van der Waals surface area contributed by atoms with Gasteiger partial charge < -0.3 is 5.73 Å². The van der Waals surface area contributed by atoms with E-state index in [1.807, 2.05) is 12.1 Å². The molecule has 2 N–H and O–H groups in total. The summed E-state index contributed by atoms with van der Waals surface area (Å²) in [7, 11) is -3.22. The number of aryl methyl sites for hydroxylation is 1. The van der Waals surface area contributed by atoms with Gasteiger partial charge in [-0.15, -0.1) is 0 Å². The Balaban J connectivity index is 1.97. The van der Waals surface area contributed by atoms with Crippen molar-refractivity contribution in [2.24, 2.45) is 5.73 Å². The minimum absolute atomic E-state index is 0.0860. The maximum absolute atomic E-state index is 12.0. The summed E-state index contributed by atoms with van der Waals surface area (Å²) in [6.45, 7) is 3.53. The van der Waals surface area contributed by atoms with Gasteiger partial charge in [-0.05, 0) is 37.4 Å². The van der Waals surface area contributed by atoms with Gasteiger partial charge in [-0.2, -0.15) is 0 Å². The molecule has 1 aromatic rings. The Morgan fingerprint density at radius 3 is 2.73 bits per heavy atom. The van der Waals surface area contributed by atoms with Gasteiger partial charge in [-0.3, -0.25) is 9.69 Å². The number of carbonyl (C=O) groups excluding carboxylic acids is 1. The highest BCUT2D eigenvalue weighted by molar-refractivity contribution is 7.91. The molecule has 0 spiro atoms. The van der Waals surface area contributed by atoms with Crippen molar-refractivity contribution in [1.82, 2.24) is 4.90 Å². The quantitative estimate of drug-likeness (QED) is 0.822. The Labute approximate surface area is 132 Å². The highest BCUT2D eigenvalue weighted by Crippen LogP contribution is 2.33. The molecule has 1 atom stereocenters. The average Bonchev–Trinajstić information content (AvgIpc) is 2.92. The second kappa shape index (κ2) is 7.24. The van der Waals surface area contributed by atoms with Crippen LogP contribution in [-0.2, 0) is 14.6 Å². The fourth-order valence-corrected chi connectivity index (χ4v) is 4.25. The van der Waals surface area contributed by atoms with Crippen LogP contribution in [0.5, 0.6) is 0 Å². The molecule has 0 saturated carbocycles. The van der Waals surface area contributed by atoms with E-state index >= 15 is 0 Å². The van der Waals surface area contributed by atoms with Crippen molar-refractivity contribution >= 4 is 15.7 Å². The average molecular weight is 324 g/mol. The molecule has 0 aromatic heterocycles. The topological polar surface area (TPSA) is 80.5 Å². The predicted octanol–water partition coefficient (Wildman–Crippen LogP) is 1.42. The summed E-state index contributed by atoms with van der Waals surface area (Å²) in [4.78, 5) is 13.0. The predicted molar refractivity (Wildman–Crippen MR) is 87.2 cm³/mol. The van der Waals surface area contributed by atoms with Gasteiger partial charge in [-0.25, -0.2) is 8.42 Å². The van der Waals surface area contributed by atoms with Gasteiger partial charge in [0.2, 0.25) is 5.91 Å². The van der Waals surface area contributed by atoms with E-state index < -0.39 is 15.7 Å². The lowest BCUT2D eigenvalue weighted by atomic mass is 9.99. The highest BCUT2D eigenvalue weighted by atomic mass is 32.2. The monoisotopic (exact) mass is 324 g/mol. The number of carbonyl (C=O) groups is 1. The Morgan fingerprint density at radius 2 is 2.05 bits per heavy atom. The van der Waals surface area contributed by atoms with Crippen LogP contribution in [0, 0.1) is 6.92 Å². The molecule has 1 aliphatic heterocycles. The maximum Gasteiger partial charge on any atom is 0.218 e. The van der Waals surface area contributed by atoms with Crippen LogP contribution in [0.15, 0.2) is 24.3 Å². The maximum atomic E-state index is 12.0. The Bertz CT molecular complexity index is 628. The van der Waals surface area contributed by atoms with Crippen LogP contribution in [0.3, 0.4) is 0 Å².